The number of hydrogen-bond donors (Lipinski definition) is 2. The molecule has 0 aliphatic carbocycles. The van der Waals surface area contributed by atoms with Gasteiger partial charge in [0.15, 0.2) is 0 Å². The monoisotopic (exact) mass is 342 g/mol. The summed E-state index contributed by atoms with van der Waals surface area (Å²) in [6, 6.07) is 12.9. The van der Waals surface area contributed by atoms with Crippen molar-refractivity contribution < 1.29 is 9.53 Å². The van der Waals surface area contributed by atoms with Gasteiger partial charge in [-0.3, -0.25) is 9.59 Å². The number of amides is 1. The molecule has 1 aliphatic rings. The number of ether oxygens (including phenoxy) is 1. The Labute approximate surface area is 146 Å². The molecule has 1 aliphatic heterocycles. The van der Waals surface area contributed by atoms with Gasteiger partial charge in [0.2, 0.25) is 5.91 Å². The molecule has 132 valence electrons. The molecule has 1 aromatic heterocycles. The third kappa shape index (κ3) is 4.98. The van der Waals surface area contributed by atoms with Crippen molar-refractivity contribution in [1.29, 1.82) is 0 Å². The van der Waals surface area contributed by atoms with E-state index in [1.165, 1.54) is 10.7 Å². The fourth-order valence-electron chi connectivity index (χ4n) is 2.72. The van der Waals surface area contributed by atoms with Gasteiger partial charge < -0.3 is 15.4 Å². The molecule has 2 N–H and O–H groups in total. The van der Waals surface area contributed by atoms with Gasteiger partial charge in [0, 0.05) is 37.2 Å². The van der Waals surface area contributed by atoms with Gasteiger partial charge in [-0.25, -0.2) is 4.68 Å². The Balaban J connectivity index is 1.54. The van der Waals surface area contributed by atoms with E-state index in [2.05, 4.69) is 15.7 Å². The number of carbonyl (C=O) groups is 1. The van der Waals surface area contributed by atoms with Crippen molar-refractivity contribution in [3.63, 3.8) is 0 Å². The van der Waals surface area contributed by atoms with Crippen LogP contribution in [0.3, 0.4) is 0 Å². The quantitative estimate of drug-likeness (QED) is 0.794. The highest BCUT2D eigenvalue weighted by molar-refractivity contribution is 5.76. The van der Waals surface area contributed by atoms with Crippen molar-refractivity contribution in [2.75, 3.05) is 26.3 Å². The molecule has 1 aromatic carbocycles. The fraction of sp³-hybridized carbons (Fsp3) is 0.389. The normalized spacial score (nSPS) is 17.2. The van der Waals surface area contributed by atoms with Crippen LogP contribution in [0.1, 0.15) is 6.42 Å². The Kier molecular flexibility index (Phi) is 5.92. The predicted molar refractivity (Wildman–Crippen MR) is 94.2 cm³/mol. The van der Waals surface area contributed by atoms with Gasteiger partial charge in [0.1, 0.15) is 0 Å². The van der Waals surface area contributed by atoms with Gasteiger partial charge in [-0.2, -0.15) is 5.10 Å². The molecule has 0 saturated carbocycles. The van der Waals surface area contributed by atoms with Crippen molar-refractivity contribution in [1.82, 2.24) is 20.4 Å². The summed E-state index contributed by atoms with van der Waals surface area (Å²) in [7, 11) is 0. The third-order valence-electron chi connectivity index (χ3n) is 4.01. The van der Waals surface area contributed by atoms with Crippen molar-refractivity contribution in [2.24, 2.45) is 0 Å². The molecule has 7 heteroatoms. The number of nitrogens with zero attached hydrogens (tertiary/aromatic N) is 2. The van der Waals surface area contributed by atoms with E-state index in [0.717, 1.165) is 17.8 Å². The lowest BCUT2D eigenvalue weighted by atomic mass is 10.1. The molecular weight excluding hydrogens is 320 g/mol. The smallest absolute Gasteiger partial charge is 0.266 e. The van der Waals surface area contributed by atoms with Crippen LogP contribution in [0.5, 0.6) is 0 Å². The number of morpholine rings is 1. The fourth-order valence-corrected chi connectivity index (χ4v) is 2.72. The molecule has 0 radical (unpaired) electrons. The second-order valence-electron chi connectivity index (χ2n) is 5.93. The van der Waals surface area contributed by atoms with Crippen molar-refractivity contribution in [3.05, 3.63) is 52.8 Å². The largest absolute Gasteiger partial charge is 0.378 e. The minimum atomic E-state index is -0.184. The van der Waals surface area contributed by atoms with E-state index < -0.39 is 0 Å². The first-order valence-electron chi connectivity index (χ1n) is 8.44. The molecule has 0 unspecified atom stereocenters. The number of rotatable bonds is 6. The average molecular weight is 342 g/mol. The summed E-state index contributed by atoms with van der Waals surface area (Å²) in [5.41, 5.74) is 1.50. The summed E-state index contributed by atoms with van der Waals surface area (Å²) in [6.07, 6.45) is 0.367. The minimum absolute atomic E-state index is 0.0519. The van der Waals surface area contributed by atoms with Gasteiger partial charge in [-0.15, -0.1) is 0 Å². The zero-order valence-corrected chi connectivity index (χ0v) is 14.0. The van der Waals surface area contributed by atoms with Crippen LogP contribution in [-0.2, 0) is 16.1 Å². The molecule has 1 saturated heterocycles. The summed E-state index contributed by atoms with van der Waals surface area (Å²) in [6.45, 7) is 2.69. The first kappa shape index (κ1) is 17.3. The molecule has 0 spiro atoms. The summed E-state index contributed by atoms with van der Waals surface area (Å²) in [5, 5.41) is 10.4. The standard InChI is InChI=1S/C18H22N4O3/c23-17(12-15-13-25-11-9-19-15)20-8-10-22-18(24)7-6-16(21-22)14-4-2-1-3-5-14/h1-7,15,19H,8-13H2,(H,20,23)/t15-/m1/s1. The molecule has 1 amide bonds. The summed E-state index contributed by atoms with van der Waals surface area (Å²) in [5.74, 6) is -0.0599. The highest BCUT2D eigenvalue weighted by Crippen LogP contribution is 2.13. The van der Waals surface area contributed by atoms with E-state index in [-0.39, 0.29) is 17.5 Å². The Morgan fingerprint density at radius 3 is 2.88 bits per heavy atom. The maximum Gasteiger partial charge on any atom is 0.266 e. The van der Waals surface area contributed by atoms with Gasteiger partial charge in [0.05, 0.1) is 25.5 Å². The lowest BCUT2D eigenvalue weighted by molar-refractivity contribution is -0.122. The summed E-state index contributed by atoms with van der Waals surface area (Å²) < 4.78 is 6.71. The molecule has 7 nitrogen and oxygen atoms in total. The number of carbonyl (C=O) groups excluding carboxylic acids is 1. The van der Waals surface area contributed by atoms with Crippen molar-refractivity contribution in [3.8, 4) is 11.3 Å². The number of aromatic nitrogens is 2. The van der Waals surface area contributed by atoms with Crippen molar-refractivity contribution >= 4 is 5.91 Å². The van der Waals surface area contributed by atoms with Crippen LogP contribution in [0.25, 0.3) is 11.3 Å². The summed E-state index contributed by atoms with van der Waals surface area (Å²) in [4.78, 5) is 23.9. The van der Waals surface area contributed by atoms with Gasteiger partial charge >= 0.3 is 0 Å². The van der Waals surface area contributed by atoms with Crippen LogP contribution in [0.4, 0.5) is 0 Å². The lowest BCUT2D eigenvalue weighted by Gasteiger charge is -2.23. The van der Waals surface area contributed by atoms with E-state index in [9.17, 15) is 9.59 Å². The van der Waals surface area contributed by atoms with Crippen LogP contribution < -0.4 is 16.2 Å². The van der Waals surface area contributed by atoms with Crippen LogP contribution in [0, 0.1) is 0 Å². The first-order valence-corrected chi connectivity index (χ1v) is 8.44. The third-order valence-corrected chi connectivity index (χ3v) is 4.01. The molecule has 2 aromatic rings. The molecule has 0 bridgehead atoms. The van der Waals surface area contributed by atoms with Crippen LogP contribution >= 0.6 is 0 Å². The van der Waals surface area contributed by atoms with Gasteiger partial charge in [-0.05, 0) is 6.07 Å². The highest BCUT2D eigenvalue weighted by atomic mass is 16.5. The number of benzene rings is 1. The Morgan fingerprint density at radius 2 is 2.12 bits per heavy atom. The van der Waals surface area contributed by atoms with Crippen LogP contribution in [0.2, 0.25) is 0 Å². The second-order valence-corrected chi connectivity index (χ2v) is 5.93. The van der Waals surface area contributed by atoms with Crippen LogP contribution in [0.15, 0.2) is 47.3 Å². The van der Waals surface area contributed by atoms with E-state index in [4.69, 9.17) is 4.74 Å². The molecular formula is C18H22N4O3. The maximum absolute atomic E-state index is 12.0. The number of hydrogen-bond acceptors (Lipinski definition) is 5. The first-order chi connectivity index (χ1) is 12.2. The lowest BCUT2D eigenvalue weighted by Crippen LogP contribution is -2.44. The van der Waals surface area contributed by atoms with Crippen LogP contribution in [-0.4, -0.2) is 48.0 Å². The molecule has 25 heavy (non-hydrogen) atoms. The maximum atomic E-state index is 12.0. The Morgan fingerprint density at radius 1 is 1.28 bits per heavy atom. The topological polar surface area (TPSA) is 85.2 Å². The van der Waals surface area contributed by atoms with E-state index in [1.54, 1.807) is 6.07 Å². The molecule has 2 heterocycles. The SMILES string of the molecule is O=C(C[C@@H]1COCCN1)NCCn1nc(-c2ccccc2)ccc1=O. The Bertz CT molecular complexity index is 754. The van der Waals surface area contributed by atoms with Crippen molar-refractivity contribution in [2.45, 2.75) is 19.0 Å². The minimum Gasteiger partial charge on any atom is -0.378 e. The predicted octanol–water partition coefficient (Wildman–Crippen LogP) is 0.405. The molecule has 1 fully saturated rings. The Hall–Kier alpha value is -2.51. The van der Waals surface area contributed by atoms with Gasteiger partial charge in [0.25, 0.3) is 5.56 Å². The highest BCUT2D eigenvalue weighted by Gasteiger charge is 2.16. The van der Waals surface area contributed by atoms with E-state index in [1.807, 2.05) is 30.3 Å². The zero-order valence-electron chi connectivity index (χ0n) is 14.0. The molecule has 1 atom stereocenters. The zero-order chi connectivity index (χ0) is 17.5. The average Bonchev–Trinajstić information content (AvgIpc) is 2.65. The molecule has 3 rings (SSSR count). The van der Waals surface area contributed by atoms with E-state index in [0.29, 0.717) is 32.7 Å². The van der Waals surface area contributed by atoms with Gasteiger partial charge in [-0.1, -0.05) is 30.3 Å². The second kappa shape index (κ2) is 8.55. The van der Waals surface area contributed by atoms with E-state index >= 15 is 0 Å². The summed E-state index contributed by atoms with van der Waals surface area (Å²) >= 11 is 0. The number of nitrogens with one attached hydrogen (secondary N) is 2.